The molecule has 0 radical (unpaired) electrons. The van der Waals surface area contributed by atoms with Gasteiger partial charge >= 0.3 is 0 Å². The van der Waals surface area contributed by atoms with Gasteiger partial charge in [-0.25, -0.2) is 0 Å². The van der Waals surface area contributed by atoms with Crippen LogP contribution >= 0.6 is 23.4 Å². The van der Waals surface area contributed by atoms with E-state index >= 15 is 0 Å². The summed E-state index contributed by atoms with van der Waals surface area (Å²) in [6, 6.07) is 15.0. The summed E-state index contributed by atoms with van der Waals surface area (Å²) in [7, 11) is 0. The molecule has 1 saturated heterocycles. The first kappa shape index (κ1) is 20.9. The van der Waals surface area contributed by atoms with Crippen molar-refractivity contribution in [1.82, 2.24) is 4.90 Å². The van der Waals surface area contributed by atoms with E-state index < -0.39 is 10.8 Å². The van der Waals surface area contributed by atoms with Crippen LogP contribution in [0.1, 0.15) is 16.9 Å². The molecule has 2 aromatic carbocycles. The van der Waals surface area contributed by atoms with Gasteiger partial charge in [-0.2, -0.15) is 0 Å². The fourth-order valence-electron chi connectivity index (χ4n) is 3.20. The summed E-state index contributed by atoms with van der Waals surface area (Å²) in [6.07, 6.45) is 1.46. The molecule has 156 valence electrons. The zero-order valence-corrected chi connectivity index (χ0v) is 17.8. The SMILES string of the molecule is Cc1cccc(CN2C(=O)S/C(=C/c3ccc(-c4ccc(Cl)cc4[N+](=O)[O-])o3)C2=O)c1. The van der Waals surface area contributed by atoms with Gasteiger partial charge in [0.15, 0.2) is 0 Å². The Bertz CT molecular complexity index is 1250. The third kappa shape index (κ3) is 4.40. The first-order chi connectivity index (χ1) is 14.8. The Balaban J connectivity index is 1.58. The van der Waals surface area contributed by atoms with Gasteiger partial charge in [-0.3, -0.25) is 24.6 Å². The van der Waals surface area contributed by atoms with Crippen LogP contribution in [0.5, 0.6) is 0 Å². The number of hydrogen-bond acceptors (Lipinski definition) is 6. The third-order valence-corrected chi connectivity index (χ3v) is 5.76. The number of aryl methyl sites for hydroxylation is 1. The molecule has 0 bridgehead atoms. The summed E-state index contributed by atoms with van der Waals surface area (Å²) in [5.41, 5.74) is 1.98. The lowest BCUT2D eigenvalue weighted by Gasteiger charge is -2.12. The Morgan fingerprint density at radius 2 is 1.97 bits per heavy atom. The minimum absolute atomic E-state index is 0.185. The molecule has 2 heterocycles. The molecule has 0 N–H and O–H groups in total. The average molecular weight is 455 g/mol. The highest BCUT2D eigenvalue weighted by atomic mass is 35.5. The van der Waals surface area contributed by atoms with Gasteiger partial charge in [0, 0.05) is 17.2 Å². The number of carbonyl (C=O) groups is 2. The monoisotopic (exact) mass is 454 g/mol. The van der Waals surface area contributed by atoms with Crippen molar-refractivity contribution in [3.63, 3.8) is 0 Å². The van der Waals surface area contributed by atoms with Crippen molar-refractivity contribution in [3.8, 4) is 11.3 Å². The maximum absolute atomic E-state index is 12.7. The fraction of sp³-hybridized carbons (Fsp3) is 0.0909. The minimum atomic E-state index is -0.542. The average Bonchev–Trinajstić information content (AvgIpc) is 3.28. The summed E-state index contributed by atoms with van der Waals surface area (Å²) in [5, 5.41) is 11.2. The lowest BCUT2D eigenvalue weighted by Crippen LogP contribution is -2.27. The number of imide groups is 1. The van der Waals surface area contributed by atoms with E-state index in [1.54, 1.807) is 12.1 Å². The van der Waals surface area contributed by atoms with Gasteiger partial charge in [-0.15, -0.1) is 0 Å². The number of benzene rings is 2. The van der Waals surface area contributed by atoms with Crippen LogP contribution in [0.25, 0.3) is 17.4 Å². The van der Waals surface area contributed by atoms with Crippen LogP contribution in [0.15, 0.2) is 63.9 Å². The second-order valence-corrected chi connectivity index (χ2v) is 8.31. The van der Waals surface area contributed by atoms with Crippen molar-refractivity contribution in [1.29, 1.82) is 0 Å². The number of nitro groups is 1. The molecule has 0 unspecified atom stereocenters. The molecule has 4 rings (SSSR count). The highest BCUT2D eigenvalue weighted by molar-refractivity contribution is 8.18. The van der Waals surface area contributed by atoms with E-state index in [2.05, 4.69) is 0 Å². The summed E-state index contributed by atoms with van der Waals surface area (Å²) in [5.74, 6) is 0.154. The Morgan fingerprint density at radius 1 is 1.16 bits per heavy atom. The molecule has 1 aliphatic rings. The predicted molar refractivity (Wildman–Crippen MR) is 119 cm³/mol. The molecule has 1 aliphatic heterocycles. The van der Waals surface area contributed by atoms with E-state index in [4.69, 9.17) is 16.0 Å². The van der Waals surface area contributed by atoms with Crippen molar-refractivity contribution in [2.45, 2.75) is 13.5 Å². The molecule has 2 amide bonds. The van der Waals surface area contributed by atoms with E-state index in [0.29, 0.717) is 5.76 Å². The van der Waals surface area contributed by atoms with E-state index in [-0.39, 0.29) is 38.7 Å². The van der Waals surface area contributed by atoms with Crippen molar-refractivity contribution in [2.75, 3.05) is 0 Å². The molecule has 0 spiro atoms. The summed E-state index contributed by atoms with van der Waals surface area (Å²) in [6.45, 7) is 2.13. The van der Waals surface area contributed by atoms with Gasteiger partial charge in [0.25, 0.3) is 16.8 Å². The number of rotatable bonds is 5. The maximum Gasteiger partial charge on any atom is 0.293 e. The Hall–Kier alpha value is -3.36. The van der Waals surface area contributed by atoms with E-state index in [9.17, 15) is 19.7 Å². The molecule has 9 heteroatoms. The Labute approximate surface area is 186 Å². The largest absolute Gasteiger partial charge is 0.456 e. The number of hydrogen-bond donors (Lipinski definition) is 0. The van der Waals surface area contributed by atoms with Gasteiger partial charge in [0.1, 0.15) is 11.5 Å². The third-order valence-electron chi connectivity index (χ3n) is 4.62. The number of nitrogens with zero attached hydrogens (tertiary/aromatic N) is 2. The number of amides is 2. The quantitative estimate of drug-likeness (QED) is 0.264. The van der Waals surface area contributed by atoms with E-state index in [0.717, 1.165) is 22.9 Å². The second-order valence-electron chi connectivity index (χ2n) is 6.88. The van der Waals surface area contributed by atoms with Crippen LogP contribution in [0.3, 0.4) is 0 Å². The normalized spacial score (nSPS) is 15.2. The Morgan fingerprint density at radius 3 is 2.71 bits per heavy atom. The minimum Gasteiger partial charge on any atom is -0.456 e. The van der Waals surface area contributed by atoms with Crippen molar-refractivity contribution in [2.24, 2.45) is 0 Å². The fourth-order valence-corrected chi connectivity index (χ4v) is 4.18. The lowest BCUT2D eigenvalue weighted by atomic mass is 10.1. The summed E-state index contributed by atoms with van der Waals surface area (Å²) < 4.78 is 5.70. The number of thioether (sulfide) groups is 1. The molecular formula is C22H15ClN2O5S. The van der Waals surface area contributed by atoms with Crippen LogP contribution in [-0.2, 0) is 11.3 Å². The Kier molecular flexibility index (Phi) is 5.67. The van der Waals surface area contributed by atoms with Crippen molar-refractivity contribution < 1.29 is 18.9 Å². The van der Waals surface area contributed by atoms with Crippen LogP contribution in [0.4, 0.5) is 10.5 Å². The van der Waals surface area contributed by atoms with Crippen molar-refractivity contribution >= 4 is 46.3 Å². The van der Waals surface area contributed by atoms with Crippen LogP contribution < -0.4 is 0 Å². The number of furan rings is 1. The first-order valence-corrected chi connectivity index (χ1v) is 10.4. The molecule has 0 saturated carbocycles. The van der Waals surface area contributed by atoms with Gasteiger partial charge in [0.2, 0.25) is 0 Å². The predicted octanol–water partition coefficient (Wildman–Crippen LogP) is 6.05. The van der Waals surface area contributed by atoms with Gasteiger partial charge < -0.3 is 4.42 Å². The summed E-state index contributed by atoms with van der Waals surface area (Å²) in [4.78, 5) is 37.3. The molecule has 0 atom stereocenters. The topological polar surface area (TPSA) is 93.7 Å². The standard InChI is InChI=1S/C22H15ClN2O5S/c1-13-3-2-4-14(9-13)12-24-21(26)20(31-22(24)27)11-16-6-8-19(30-16)17-7-5-15(23)10-18(17)25(28)29/h2-11H,12H2,1H3/b20-11+. The molecule has 7 nitrogen and oxygen atoms in total. The lowest BCUT2D eigenvalue weighted by molar-refractivity contribution is -0.384. The van der Waals surface area contributed by atoms with Crippen LogP contribution in [0.2, 0.25) is 5.02 Å². The van der Waals surface area contributed by atoms with Gasteiger partial charge in [-0.1, -0.05) is 41.4 Å². The van der Waals surface area contributed by atoms with Gasteiger partial charge in [-0.05, 0) is 48.5 Å². The molecule has 3 aromatic rings. The van der Waals surface area contributed by atoms with Crippen molar-refractivity contribution in [3.05, 3.63) is 91.5 Å². The first-order valence-electron chi connectivity index (χ1n) is 9.17. The zero-order valence-electron chi connectivity index (χ0n) is 16.2. The second kappa shape index (κ2) is 8.41. The number of nitro benzene ring substituents is 1. The van der Waals surface area contributed by atoms with Crippen LogP contribution in [-0.4, -0.2) is 21.0 Å². The molecule has 31 heavy (non-hydrogen) atoms. The molecule has 1 fully saturated rings. The number of carbonyl (C=O) groups excluding carboxylic acids is 2. The highest BCUT2D eigenvalue weighted by Crippen LogP contribution is 2.36. The van der Waals surface area contributed by atoms with Gasteiger partial charge in [0.05, 0.1) is 21.9 Å². The smallest absolute Gasteiger partial charge is 0.293 e. The molecular weight excluding hydrogens is 440 g/mol. The highest BCUT2D eigenvalue weighted by Gasteiger charge is 2.35. The van der Waals surface area contributed by atoms with E-state index in [1.165, 1.54) is 29.2 Å². The molecule has 0 aliphatic carbocycles. The summed E-state index contributed by atoms with van der Waals surface area (Å²) >= 11 is 6.68. The molecule has 1 aromatic heterocycles. The van der Waals surface area contributed by atoms with Crippen LogP contribution in [0, 0.1) is 17.0 Å². The van der Waals surface area contributed by atoms with E-state index in [1.807, 2.05) is 31.2 Å². The zero-order chi connectivity index (χ0) is 22.1. The number of halogens is 1. The maximum atomic E-state index is 12.7.